The molecule has 0 saturated heterocycles. The maximum atomic E-state index is 3.81. The summed E-state index contributed by atoms with van der Waals surface area (Å²) < 4.78 is 0. The quantitative estimate of drug-likeness (QED) is 0.545. The van der Waals surface area contributed by atoms with Crippen LogP contribution in [0.3, 0.4) is 0 Å². The molecular formula is C22H26. The van der Waals surface area contributed by atoms with Crippen LogP contribution in [0.5, 0.6) is 0 Å². The lowest BCUT2D eigenvalue weighted by Gasteiger charge is -2.17. The molecule has 2 aromatic rings. The molecule has 0 aliphatic rings. The second-order valence-corrected chi connectivity index (χ2v) is 5.95. The van der Waals surface area contributed by atoms with Crippen molar-refractivity contribution < 1.29 is 0 Å². The summed E-state index contributed by atoms with van der Waals surface area (Å²) >= 11 is 0. The molecule has 0 nitrogen and oxygen atoms in total. The van der Waals surface area contributed by atoms with E-state index in [9.17, 15) is 0 Å². The molecule has 0 unspecified atom stereocenters. The van der Waals surface area contributed by atoms with Gasteiger partial charge in [0.15, 0.2) is 0 Å². The van der Waals surface area contributed by atoms with Crippen molar-refractivity contribution in [2.75, 3.05) is 0 Å². The summed E-state index contributed by atoms with van der Waals surface area (Å²) in [5.74, 6) is 0.703. The molecule has 0 bridgehead atoms. The maximum absolute atomic E-state index is 3.81. The number of rotatable bonds is 8. The van der Waals surface area contributed by atoms with Crippen molar-refractivity contribution in [1.82, 2.24) is 0 Å². The van der Waals surface area contributed by atoms with Crippen LogP contribution < -0.4 is 0 Å². The third-order valence-corrected chi connectivity index (χ3v) is 4.18. The van der Waals surface area contributed by atoms with Crippen LogP contribution >= 0.6 is 0 Å². The predicted molar refractivity (Wildman–Crippen MR) is 98.9 cm³/mol. The molecule has 0 heteroatoms. The first-order valence-corrected chi connectivity index (χ1v) is 8.18. The monoisotopic (exact) mass is 290 g/mol. The number of benzene rings is 2. The van der Waals surface area contributed by atoms with Crippen LogP contribution in [0.4, 0.5) is 0 Å². The van der Waals surface area contributed by atoms with Gasteiger partial charge < -0.3 is 0 Å². The Balaban J connectivity index is 2.04. The van der Waals surface area contributed by atoms with E-state index >= 15 is 0 Å². The van der Waals surface area contributed by atoms with E-state index in [4.69, 9.17) is 0 Å². The second kappa shape index (κ2) is 8.38. The Labute approximate surface area is 135 Å². The fraction of sp³-hybridized carbons (Fsp3) is 0.273. The Hall–Kier alpha value is -2.08. The molecule has 0 fully saturated rings. The van der Waals surface area contributed by atoms with E-state index in [1.165, 1.54) is 35.1 Å². The van der Waals surface area contributed by atoms with Crippen LogP contribution in [0.1, 0.15) is 42.0 Å². The van der Waals surface area contributed by atoms with E-state index in [-0.39, 0.29) is 0 Å². The van der Waals surface area contributed by atoms with E-state index in [0.717, 1.165) is 12.8 Å². The van der Waals surface area contributed by atoms with Gasteiger partial charge in [-0.2, -0.15) is 0 Å². The van der Waals surface area contributed by atoms with E-state index in [1.54, 1.807) is 0 Å². The lowest BCUT2D eigenvalue weighted by Crippen LogP contribution is -2.08. The highest BCUT2D eigenvalue weighted by atomic mass is 14.1. The van der Waals surface area contributed by atoms with Gasteiger partial charge in [0, 0.05) is 0 Å². The molecule has 22 heavy (non-hydrogen) atoms. The molecule has 0 N–H and O–H groups in total. The molecule has 0 aliphatic carbocycles. The third-order valence-electron chi connectivity index (χ3n) is 4.18. The van der Waals surface area contributed by atoms with E-state index < -0.39 is 0 Å². The van der Waals surface area contributed by atoms with Crippen LogP contribution in [-0.4, -0.2) is 0 Å². The Morgan fingerprint density at radius 2 is 1.18 bits per heavy atom. The SMILES string of the molecule is C=Cc1ccc(CC(CCC)Cc2ccc(C=C)cc2)cc1. The van der Waals surface area contributed by atoms with Crippen molar-refractivity contribution in [2.45, 2.75) is 32.6 Å². The second-order valence-electron chi connectivity index (χ2n) is 5.95. The zero-order valence-corrected chi connectivity index (χ0v) is 13.6. The Morgan fingerprint density at radius 3 is 1.50 bits per heavy atom. The minimum absolute atomic E-state index is 0.703. The topological polar surface area (TPSA) is 0 Å². The average molecular weight is 290 g/mol. The molecular weight excluding hydrogens is 264 g/mol. The molecule has 0 spiro atoms. The molecule has 0 atom stereocenters. The fourth-order valence-electron chi connectivity index (χ4n) is 2.93. The minimum atomic E-state index is 0.703. The Morgan fingerprint density at radius 1 is 0.773 bits per heavy atom. The molecule has 114 valence electrons. The van der Waals surface area contributed by atoms with Gasteiger partial charge in [0.25, 0.3) is 0 Å². The van der Waals surface area contributed by atoms with Gasteiger partial charge in [-0.3, -0.25) is 0 Å². The van der Waals surface area contributed by atoms with Gasteiger partial charge in [-0.25, -0.2) is 0 Å². The van der Waals surface area contributed by atoms with Crippen molar-refractivity contribution in [3.63, 3.8) is 0 Å². The maximum Gasteiger partial charge on any atom is -0.0247 e. The summed E-state index contributed by atoms with van der Waals surface area (Å²) in [7, 11) is 0. The highest BCUT2D eigenvalue weighted by Crippen LogP contribution is 2.20. The predicted octanol–water partition coefficient (Wildman–Crippen LogP) is 6.17. The van der Waals surface area contributed by atoms with Gasteiger partial charge in [-0.1, -0.05) is 93.6 Å². The van der Waals surface area contributed by atoms with Gasteiger partial charge in [0.2, 0.25) is 0 Å². The molecule has 0 radical (unpaired) electrons. The first-order chi connectivity index (χ1) is 10.7. The molecule has 2 rings (SSSR count). The summed E-state index contributed by atoms with van der Waals surface area (Å²) in [4.78, 5) is 0. The summed E-state index contributed by atoms with van der Waals surface area (Å²) in [5, 5.41) is 0. The van der Waals surface area contributed by atoms with Gasteiger partial charge in [-0.05, 0) is 41.0 Å². The van der Waals surface area contributed by atoms with E-state index in [2.05, 4.69) is 68.6 Å². The summed E-state index contributed by atoms with van der Waals surface area (Å²) in [6.45, 7) is 9.90. The van der Waals surface area contributed by atoms with Crippen LogP contribution in [0.15, 0.2) is 61.7 Å². The lowest BCUT2D eigenvalue weighted by molar-refractivity contribution is 0.474. The van der Waals surface area contributed by atoms with Gasteiger partial charge in [-0.15, -0.1) is 0 Å². The van der Waals surface area contributed by atoms with Crippen molar-refractivity contribution in [3.8, 4) is 0 Å². The van der Waals surface area contributed by atoms with Crippen molar-refractivity contribution >= 4 is 12.2 Å². The number of hydrogen-bond acceptors (Lipinski definition) is 0. The Kier molecular flexibility index (Phi) is 6.21. The molecule has 0 aromatic heterocycles. The van der Waals surface area contributed by atoms with Crippen LogP contribution in [-0.2, 0) is 12.8 Å². The third kappa shape index (κ3) is 4.73. The Bertz CT molecular complexity index is 533. The summed E-state index contributed by atoms with van der Waals surface area (Å²) in [6, 6.07) is 17.6. The highest BCUT2D eigenvalue weighted by Gasteiger charge is 2.10. The van der Waals surface area contributed by atoms with Crippen LogP contribution in [0.25, 0.3) is 12.2 Å². The highest BCUT2D eigenvalue weighted by molar-refractivity contribution is 5.48. The standard InChI is InChI=1S/C22H26/c1-4-7-22(16-20-12-8-18(5-2)9-13-20)17-21-14-10-19(6-3)11-15-21/h5-6,8-15,22H,2-4,7,16-17H2,1H3. The summed E-state index contributed by atoms with van der Waals surface area (Å²) in [6.07, 6.45) is 8.60. The molecule has 2 aromatic carbocycles. The van der Waals surface area contributed by atoms with Crippen LogP contribution in [0, 0.1) is 5.92 Å². The number of hydrogen-bond donors (Lipinski definition) is 0. The fourth-order valence-corrected chi connectivity index (χ4v) is 2.93. The van der Waals surface area contributed by atoms with Gasteiger partial charge >= 0.3 is 0 Å². The molecule has 0 amide bonds. The van der Waals surface area contributed by atoms with Crippen molar-refractivity contribution in [2.24, 2.45) is 5.92 Å². The average Bonchev–Trinajstić information content (AvgIpc) is 2.56. The van der Waals surface area contributed by atoms with E-state index in [0.29, 0.717) is 5.92 Å². The normalized spacial score (nSPS) is 10.6. The smallest absolute Gasteiger partial charge is 0.0247 e. The largest absolute Gasteiger partial charge is 0.0985 e. The van der Waals surface area contributed by atoms with Crippen molar-refractivity contribution in [1.29, 1.82) is 0 Å². The molecule has 0 heterocycles. The summed E-state index contributed by atoms with van der Waals surface area (Å²) in [5.41, 5.74) is 5.23. The minimum Gasteiger partial charge on any atom is -0.0985 e. The zero-order chi connectivity index (χ0) is 15.8. The van der Waals surface area contributed by atoms with Crippen LogP contribution in [0.2, 0.25) is 0 Å². The zero-order valence-electron chi connectivity index (χ0n) is 13.6. The lowest BCUT2D eigenvalue weighted by atomic mass is 9.88. The first kappa shape index (κ1) is 16.3. The van der Waals surface area contributed by atoms with E-state index in [1.807, 2.05) is 12.2 Å². The first-order valence-electron chi connectivity index (χ1n) is 8.18. The van der Waals surface area contributed by atoms with Gasteiger partial charge in [0.05, 0.1) is 0 Å². The molecule has 0 aliphatic heterocycles. The molecule has 0 saturated carbocycles. The van der Waals surface area contributed by atoms with Gasteiger partial charge in [0.1, 0.15) is 0 Å². The van der Waals surface area contributed by atoms with Crippen molar-refractivity contribution in [3.05, 3.63) is 83.9 Å².